The Kier molecular flexibility index (Phi) is 2.87. The maximum atomic E-state index is 11.5. The summed E-state index contributed by atoms with van der Waals surface area (Å²) in [7, 11) is -3.60. The summed E-state index contributed by atoms with van der Waals surface area (Å²) in [6.45, 7) is 4.80. The molecule has 0 saturated carbocycles. The summed E-state index contributed by atoms with van der Waals surface area (Å²) >= 11 is 0. The molecule has 0 aromatic heterocycles. The SMILES string of the molecule is CC1(C)CCN(S(=O)(=O)CC(=O)O)C1. The van der Waals surface area contributed by atoms with Crippen LogP contribution in [-0.4, -0.2) is 42.6 Å². The first kappa shape index (κ1) is 11.5. The van der Waals surface area contributed by atoms with E-state index in [2.05, 4.69) is 0 Å². The second-order valence-electron chi connectivity index (χ2n) is 4.40. The van der Waals surface area contributed by atoms with Crippen molar-refractivity contribution in [3.8, 4) is 0 Å². The molecule has 82 valence electrons. The zero-order valence-electron chi connectivity index (χ0n) is 8.36. The summed E-state index contributed by atoms with van der Waals surface area (Å²) in [4.78, 5) is 10.3. The topological polar surface area (TPSA) is 74.7 Å². The van der Waals surface area contributed by atoms with E-state index in [9.17, 15) is 13.2 Å². The lowest BCUT2D eigenvalue weighted by Crippen LogP contribution is -2.34. The lowest BCUT2D eigenvalue weighted by atomic mass is 9.93. The van der Waals surface area contributed by atoms with Crippen molar-refractivity contribution in [2.75, 3.05) is 18.8 Å². The fourth-order valence-corrected chi connectivity index (χ4v) is 2.96. The number of hydrogen-bond donors (Lipinski definition) is 1. The summed E-state index contributed by atoms with van der Waals surface area (Å²) in [6, 6.07) is 0. The summed E-state index contributed by atoms with van der Waals surface area (Å²) in [5, 5.41) is 8.43. The van der Waals surface area contributed by atoms with E-state index in [0.29, 0.717) is 13.1 Å². The van der Waals surface area contributed by atoms with Crippen LogP contribution >= 0.6 is 0 Å². The van der Waals surface area contributed by atoms with E-state index in [-0.39, 0.29) is 5.41 Å². The highest BCUT2D eigenvalue weighted by Crippen LogP contribution is 2.30. The van der Waals surface area contributed by atoms with Crippen LogP contribution in [0.1, 0.15) is 20.3 Å². The number of sulfonamides is 1. The largest absolute Gasteiger partial charge is 0.480 e. The van der Waals surface area contributed by atoms with Crippen LogP contribution in [0.15, 0.2) is 0 Å². The van der Waals surface area contributed by atoms with E-state index < -0.39 is 21.7 Å². The lowest BCUT2D eigenvalue weighted by molar-refractivity contribution is -0.134. The number of nitrogens with zero attached hydrogens (tertiary/aromatic N) is 1. The molecule has 1 heterocycles. The quantitative estimate of drug-likeness (QED) is 0.735. The van der Waals surface area contributed by atoms with Crippen molar-refractivity contribution in [1.29, 1.82) is 0 Å². The van der Waals surface area contributed by atoms with E-state index in [0.717, 1.165) is 6.42 Å². The molecule has 1 fully saturated rings. The van der Waals surface area contributed by atoms with Crippen molar-refractivity contribution in [2.45, 2.75) is 20.3 Å². The van der Waals surface area contributed by atoms with Crippen LogP contribution in [0.5, 0.6) is 0 Å². The summed E-state index contributed by atoms with van der Waals surface area (Å²) in [6.07, 6.45) is 0.784. The summed E-state index contributed by atoms with van der Waals surface area (Å²) < 4.78 is 24.2. The first-order valence-electron chi connectivity index (χ1n) is 4.43. The zero-order valence-corrected chi connectivity index (χ0v) is 9.17. The van der Waals surface area contributed by atoms with Crippen LogP contribution in [0.2, 0.25) is 0 Å². The molecule has 1 aliphatic rings. The number of carbonyl (C=O) groups is 1. The zero-order chi connectivity index (χ0) is 11.0. The van der Waals surface area contributed by atoms with Gasteiger partial charge in [0.05, 0.1) is 0 Å². The van der Waals surface area contributed by atoms with Gasteiger partial charge in [0.25, 0.3) is 0 Å². The van der Waals surface area contributed by atoms with Gasteiger partial charge in [0.2, 0.25) is 10.0 Å². The summed E-state index contributed by atoms with van der Waals surface area (Å²) in [5.41, 5.74) is -0.0361. The average molecular weight is 221 g/mol. The Balaban J connectivity index is 2.72. The van der Waals surface area contributed by atoms with Crippen LogP contribution in [0, 0.1) is 5.41 Å². The third-order valence-electron chi connectivity index (χ3n) is 2.34. The molecule has 6 heteroatoms. The van der Waals surface area contributed by atoms with Gasteiger partial charge in [0, 0.05) is 13.1 Å². The fraction of sp³-hybridized carbons (Fsp3) is 0.875. The maximum absolute atomic E-state index is 11.5. The molecular formula is C8H15NO4S. The predicted octanol–water partition coefficient (Wildman–Crippen LogP) is 0.133. The van der Waals surface area contributed by atoms with Crippen LogP contribution in [0.25, 0.3) is 0 Å². The molecule has 1 aliphatic heterocycles. The minimum Gasteiger partial charge on any atom is -0.480 e. The number of rotatable bonds is 3. The van der Waals surface area contributed by atoms with Crippen molar-refractivity contribution in [1.82, 2.24) is 4.31 Å². The van der Waals surface area contributed by atoms with E-state index in [1.807, 2.05) is 13.8 Å². The Bertz CT molecular complexity index is 333. The number of carboxylic acid groups (broad SMARTS) is 1. The van der Waals surface area contributed by atoms with E-state index in [1.165, 1.54) is 4.31 Å². The Morgan fingerprint density at radius 3 is 2.43 bits per heavy atom. The van der Waals surface area contributed by atoms with Crippen molar-refractivity contribution in [3.05, 3.63) is 0 Å². The Morgan fingerprint density at radius 2 is 2.07 bits per heavy atom. The molecule has 1 rings (SSSR count). The molecular weight excluding hydrogens is 206 g/mol. The highest BCUT2D eigenvalue weighted by Gasteiger charge is 2.36. The van der Waals surface area contributed by atoms with Gasteiger partial charge in [-0.15, -0.1) is 0 Å². The Hall–Kier alpha value is -0.620. The van der Waals surface area contributed by atoms with Gasteiger partial charge in [-0.2, -0.15) is 0 Å². The molecule has 0 aliphatic carbocycles. The molecule has 1 N–H and O–H groups in total. The standard InChI is InChI=1S/C8H15NO4S/c1-8(2)3-4-9(6-8)14(12,13)5-7(10)11/h3-6H2,1-2H3,(H,10,11). The van der Waals surface area contributed by atoms with Gasteiger partial charge in [-0.05, 0) is 11.8 Å². The Labute approximate surface area is 83.8 Å². The highest BCUT2D eigenvalue weighted by atomic mass is 32.2. The predicted molar refractivity (Wildman–Crippen MR) is 51.4 cm³/mol. The van der Waals surface area contributed by atoms with Crippen LogP contribution in [-0.2, 0) is 14.8 Å². The molecule has 5 nitrogen and oxygen atoms in total. The Morgan fingerprint density at radius 1 is 1.50 bits per heavy atom. The van der Waals surface area contributed by atoms with E-state index in [1.54, 1.807) is 0 Å². The van der Waals surface area contributed by atoms with Gasteiger partial charge >= 0.3 is 5.97 Å². The molecule has 0 bridgehead atoms. The van der Waals surface area contributed by atoms with Crippen molar-refractivity contribution in [3.63, 3.8) is 0 Å². The van der Waals surface area contributed by atoms with Gasteiger partial charge in [0.1, 0.15) is 0 Å². The molecule has 0 radical (unpaired) electrons. The minimum atomic E-state index is -3.60. The first-order chi connectivity index (χ1) is 6.23. The first-order valence-corrected chi connectivity index (χ1v) is 6.03. The molecule has 0 amide bonds. The number of aliphatic carboxylic acids is 1. The van der Waals surface area contributed by atoms with Crippen molar-refractivity contribution in [2.24, 2.45) is 5.41 Å². The molecule has 14 heavy (non-hydrogen) atoms. The summed E-state index contributed by atoms with van der Waals surface area (Å²) in [5.74, 6) is -2.10. The number of carboxylic acids is 1. The number of hydrogen-bond acceptors (Lipinski definition) is 3. The van der Waals surface area contributed by atoms with Crippen molar-refractivity contribution >= 4 is 16.0 Å². The van der Waals surface area contributed by atoms with Crippen LogP contribution in [0.3, 0.4) is 0 Å². The molecule has 0 unspecified atom stereocenters. The third kappa shape index (κ3) is 2.68. The molecule has 0 spiro atoms. The van der Waals surface area contributed by atoms with E-state index >= 15 is 0 Å². The molecule has 0 atom stereocenters. The van der Waals surface area contributed by atoms with E-state index in [4.69, 9.17) is 5.11 Å². The van der Waals surface area contributed by atoms with Gasteiger partial charge in [-0.3, -0.25) is 4.79 Å². The second kappa shape index (κ2) is 3.51. The lowest BCUT2D eigenvalue weighted by Gasteiger charge is -2.18. The maximum Gasteiger partial charge on any atom is 0.320 e. The second-order valence-corrected chi connectivity index (χ2v) is 6.37. The fourth-order valence-electron chi connectivity index (χ4n) is 1.55. The highest BCUT2D eigenvalue weighted by molar-refractivity contribution is 7.89. The van der Waals surface area contributed by atoms with Gasteiger partial charge in [-0.25, -0.2) is 12.7 Å². The third-order valence-corrected chi connectivity index (χ3v) is 4.05. The molecule has 0 aromatic rings. The van der Waals surface area contributed by atoms with Gasteiger partial charge in [0.15, 0.2) is 5.75 Å². The average Bonchev–Trinajstić information content (AvgIpc) is 2.27. The smallest absolute Gasteiger partial charge is 0.320 e. The van der Waals surface area contributed by atoms with Gasteiger partial charge < -0.3 is 5.11 Å². The minimum absolute atomic E-state index is 0.0361. The van der Waals surface area contributed by atoms with Crippen LogP contribution in [0.4, 0.5) is 0 Å². The molecule has 0 aromatic carbocycles. The monoisotopic (exact) mass is 221 g/mol. The van der Waals surface area contributed by atoms with Gasteiger partial charge in [-0.1, -0.05) is 13.8 Å². The normalized spacial score (nSPS) is 22.4. The van der Waals surface area contributed by atoms with Crippen molar-refractivity contribution < 1.29 is 18.3 Å². The molecule has 1 saturated heterocycles. The van der Waals surface area contributed by atoms with Crippen LogP contribution < -0.4 is 0 Å².